The molecule has 3 N–H and O–H groups in total. The van der Waals surface area contributed by atoms with Crippen LogP contribution in [0, 0.1) is 18.6 Å². The zero-order valence-electron chi connectivity index (χ0n) is 10.5. The third kappa shape index (κ3) is 3.00. The SMILES string of the molecule is Cc1cc(/C(N)=N/O)cc(Oc2ccc(F)cc2F)n1. The standard InChI is InChI=1S/C13H11F2N3O2/c1-7-4-8(13(16)18-19)5-12(17-7)20-11-3-2-9(14)6-10(11)15/h2-6,19H,1H3,(H2,16,18). The van der Waals surface area contributed by atoms with Gasteiger partial charge < -0.3 is 15.7 Å². The van der Waals surface area contributed by atoms with Gasteiger partial charge in [-0.15, -0.1) is 0 Å². The van der Waals surface area contributed by atoms with Gasteiger partial charge in [-0.1, -0.05) is 5.16 Å². The highest BCUT2D eigenvalue weighted by Gasteiger charge is 2.10. The van der Waals surface area contributed by atoms with Gasteiger partial charge in [-0.25, -0.2) is 13.8 Å². The minimum absolute atomic E-state index is 0.0529. The Bertz CT molecular complexity index is 675. The highest BCUT2D eigenvalue weighted by molar-refractivity contribution is 5.97. The molecule has 0 saturated heterocycles. The number of benzene rings is 1. The van der Waals surface area contributed by atoms with E-state index in [1.807, 2.05) is 0 Å². The van der Waals surface area contributed by atoms with Gasteiger partial charge in [0, 0.05) is 23.4 Å². The number of amidine groups is 1. The molecule has 0 aliphatic rings. The second-order valence-electron chi connectivity index (χ2n) is 4.00. The molecule has 0 atom stereocenters. The molecule has 1 aromatic heterocycles. The molecule has 5 nitrogen and oxygen atoms in total. The number of nitrogens with two attached hydrogens (primary N) is 1. The van der Waals surface area contributed by atoms with Crippen LogP contribution < -0.4 is 10.5 Å². The van der Waals surface area contributed by atoms with Crippen molar-refractivity contribution in [1.29, 1.82) is 0 Å². The van der Waals surface area contributed by atoms with Crippen LogP contribution in [0.5, 0.6) is 11.6 Å². The number of rotatable bonds is 3. The van der Waals surface area contributed by atoms with Gasteiger partial charge in [-0.2, -0.15) is 0 Å². The predicted molar refractivity (Wildman–Crippen MR) is 67.9 cm³/mol. The van der Waals surface area contributed by atoms with Gasteiger partial charge in [-0.3, -0.25) is 0 Å². The summed E-state index contributed by atoms with van der Waals surface area (Å²) in [5, 5.41) is 11.5. The summed E-state index contributed by atoms with van der Waals surface area (Å²) in [5.41, 5.74) is 6.37. The Morgan fingerprint density at radius 1 is 1.30 bits per heavy atom. The monoisotopic (exact) mass is 279 g/mol. The van der Waals surface area contributed by atoms with Crippen LogP contribution in [0.4, 0.5) is 8.78 Å². The summed E-state index contributed by atoms with van der Waals surface area (Å²) in [6, 6.07) is 5.87. The average molecular weight is 279 g/mol. The van der Waals surface area contributed by atoms with Crippen LogP contribution in [-0.4, -0.2) is 16.0 Å². The minimum Gasteiger partial charge on any atom is -0.436 e. The molecule has 0 saturated carbocycles. The van der Waals surface area contributed by atoms with Crippen LogP contribution in [0.25, 0.3) is 0 Å². The Kier molecular flexibility index (Phi) is 3.79. The summed E-state index contributed by atoms with van der Waals surface area (Å²) < 4.78 is 31.5. The molecule has 0 unspecified atom stereocenters. The Labute approximate surface area is 113 Å². The van der Waals surface area contributed by atoms with E-state index >= 15 is 0 Å². The van der Waals surface area contributed by atoms with E-state index < -0.39 is 11.6 Å². The van der Waals surface area contributed by atoms with E-state index in [0.29, 0.717) is 17.3 Å². The summed E-state index contributed by atoms with van der Waals surface area (Å²) in [6.07, 6.45) is 0. The molecule has 1 aromatic carbocycles. The second kappa shape index (κ2) is 5.52. The van der Waals surface area contributed by atoms with E-state index in [2.05, 4.69) is 10.1 Å². The van der Waals surface area contributed by atoms with E-state index in [-0.39, 0.29) is 17.5 Å². The molecule has 20 heavy (non-hydrogen) atoms. The largest absolute Gasteiger partial charge is 0.436 e. The van der Waals surface area contributed by atoms with Crippen molar-refractivity contribution in [3.05, 3.63) is 53.2 Å². The maximum Gasteiger partial charge on any atom is 0.220 e. The Morgan fingerprint density at radius 3 is 2.70 bits per heavy atom. The molecule has 0 aliphatic heterocycles. The van der Waals surface area contributed by atoms with Crippen molar-refractivity contribution in [2.45, 2.75) is 6.92 Å². The first-order valence-electron chi connectivity index (χ1n) is 5.59. The molecular formula is C13H11F2N3O2. The van der Waals surface area contributed by atoms with Crippen molar-refractivity contribution >= 4 is 5.84 Å². The molecule has 0 bridgehead atoms. The first kappa shape index (κ1) is 13.7. The molecular weight excluding hydrogens is 268 g/mol. The van der Waals surface area contributed by atoms with Crippen molar-refractivity contribution in [3.8, 4) is 11.6 Å². The number of aryl methyl sites for hydroxylation is 1. The van der Waals surface area contributed by atoms with E-state index in [4.69, 9.17) is 15.7 Å². The van der Waals surface area contributed by atoms with E-state index in [9.17, 15) is 8.78 Å². The van der Waals surface area contributed by atoms with E-state index in [1.165, 1.54) is 6.07 Å². The predicted octanol–water partition coefficient (Wildman–Crippen LogP) is 2.56. The molecule has 0 fully saturated rings. The van der Waals surface area contributed by atoms with Crippen molar-refractivity contribution in [2.24, 2.45) is 10.9 Å². The van der Waals surface area contributed by atoms with Crippen LogP contribution >= 0.6 is 0 Å². The van der Waals surface area contributed by atoms with Crippen LogP contribution in [0.2, 0.25) is 0 Å². The van der Waals surface area contributed by atoms with Crippen molar-refractivity contribution in [1.82, 2.24) is 4.98 Å². The van der Waals surface area contributed by atoms with E-state index in [0.717, 1.165) is 12.1 Å². The lowest BCUT2D eigenvalue weighted by molar-refractivity contribution is 0.318. The molecule has 2 rings (SSSR count). The summed E-state index contributed by atoms with van der Waals surface area (Å²) in [4.78, 5) is 4.03. The summed E-state index contributed by atoms with van der Waals surface area (Å²) in [6.45, 7) is 1.67. The average Bonchev–Trinajstić information content (AvgIpc) is 2.40. The fraction of sp³-hybridized carbons (Fsp3) is 0.0769. The lowest BCUT2D eigenvalue weighted by Crippen LogP contribution is -2.13. The van der Waals surface area contributed by atoms with Gasteiger partial charge in [0.2, 0.25) is 5.88 Å². The maximum atomic E-state index is 13.5. The number of nitrogens with zero attached hydrogens (tertiary/aromatic N) is 2. The number of aromatic nitrogens is 1. The number of hydrogen-bond donors (Lipinski definition) is 2. The smallest absolute Gasteiger partial charge is 0.220 e. The number of pyridine rings is 1. The van der Waals surface area contributed by atoms with Crippen molar-refractivity contribution in [2.75, 3.05) is 0 Å². The molecule has 0 aliphatic carbocycles. The normalized spacial score (nSPS) is 11.4. The van der Waals surface area contributed by atoms with Crippen LogP contribution in [0.15, 0.2) is 35.5 Å². The highest BCUT2D eigenvalue weighted by Crippen LogP contribution is 2.24. The van der Waals surface area contributed by atoms with Crippen LogP contribution in [0.1, 0.15) is 11.3 Å². The van der Waals surface area contributed by atoms with Crippen LogP contribution in [-0.2, 0) is 0 Å². The highest BCUT2D eigenvalue weighted by atomic mass is 19.1. The molecule has 7 heteroatoms. The quantitative estimate of drug-likeness (QED) is 0.391. The second-order valence-corrected chi connectivity index (χ2v) is 4.00. The van der Waals surface area contributed by atoms with Crippen LogP contribution in [0.3, 0.4) is 0 Å². The molecule has 2 aromatic rings. The summed E-state index contributed by atoms with van der Waals surface area (Å²) in [5.74, 6) is -1.80. The fourth-order valence-electron chi connectivity index (χ4n) is 1.57. The molecule has 1 heterocycles. The molecule has 0 amide bonds. The zero-order valence-corrected chi connectivity index (χ0v) is 10.5. The van der Waals surface area contributed by atoms with Gasteiger partial charge in [0.15, 0.2) is 17.4 Å². The minimum atomic E-state index is -0.848. The molecule has 0 spiro atoms. The zero-order chi connectivity index (χ0) is 14.7. The van der Waals surface area contributed by atoms with Gasteiger partial charge in [0.05, 0.1) is 0 Å². The summed E-state index contributed by atoms with van der Waals surface area (Å²) in [7, 11) is 0. The Hall–Kier alpha value is -2.70. The first-order valence-corrected chi connectivity index (χ1v) is 5.59. The lowest BCUT2D eigenvalue weighted by Gasteiger charge is -2.08. The van der Waals surface area contributed by atoms with Crippen molar-refractivity contribution < 1.29 is 18.7 Å². The van der Waals surface area contributed by atoms with Gasteiger partial charge in [0.25, 0.3) is 0 Å². The molecule has 104 valence electrons. The van der Waals surface area contributed by atoms with Crippen molar-refractivity contribution in [3.63, 3.8) is 0 Å². The number of oxime groups is 1. The van der Waals surface area contributed by atoms with Gasteiger partial charge >= 0.3 is 0 Å². The van der Waals surface area contributed by atoms with Gasteiger partial charge in [-0.05, 0) is 25.1 Å². The van der Waals surface area contributed by atoms with Gasteiger partial charge in [0.1, 0.15) is 5.82 Å². The third-order valence-electron chi connectivity index (χ3n) is 2.44. The number of hydrogen-bond acceptors (Lipinski definition) is 4. The van der Waals surface area contributed by atoms with E-state index in [1.54, 1.807) is 13.0 Å². The fourth-order valence-corrected chi connectivity index (χ4v) is 1.57. The lowest BCUT2D eigenvalue weighted by atomic mass is 10.2. The third-order valence-corrected chi connectivity index (χ3v) is 2.44. The number of ether oxygens (including phenoxy) is 1. The topological polar surface area (TPSA) is 80.7 Å². The Morgan fingerprint density at radius 2 is 2.05 bits per heavy atom. The first-order chi connectivity index (χ1) is 9.49. The Balaban J connectivity index is 2.36. The maximum absolute atomic E-state index is 13.5. The molecule has 0 radical (unpaired) electrons. The number of halogens is 2. The summed E-state index contributed by atoms with van der Waals surface area (Å²) >= 11 is 0.